The van der Waals surface area contributed by atoms with E-state index in [2.05, 4.69) is 20.9 Å². The van der Waals surface area contributed by atoms with Crippen molar-refractivity contribution in [2.75, 3.05) is 45.4 Å². The van der Waals surface area contributed by atoms with E-state index < -0.39 is 15.6 Å². The van der Waals surface area contributed by atoms with Crippen LogP contribution in [0.1, 0.15) is 12.5 Å². The Labute approximate surface area is 240 Å². The fourth-order valence-electron chi connectivity index (χ4n) is 4.48. The lowest BCUT2D eigenvalue weighted by Gasteiger charge is -2.28. The monoisotopic (exact) mass is 644 g/mol. The number of ether oxygens (including phenoxy) is 2. The molecule has 2 heterocycles. The zero-order valence-corrected chi connectivity index (χ0v) is 24.9. The summed E-state index contributed by atoms with van der Waals surface area (Å²) in [5.74, 6) is -0.205. The minimum atomic E-state index is -4.11. The summed E-state index contributed by atoms with van der Waals surface area (Å²) in [4.78, 5) is 20.0. The largest absolute Gasteiger partial charge is 0.383 e. The summed E-state index contributed by atoms with van der Waals surface area (Å²) in [6.07, 6.45) is 1.49. The number of imidazole rings is 1. The normalized spacial score (nSPS) is 17.4. The molecule has 0 spiro atoms. The topological polar surface area (TPSA) is 94.0 Å². The molecule has 2 aromatic carbocycles. The van der Waals surface area contributed by atoms with Gasteiger partial charge in [-0.3, -0.25) is 9.36 Å². The van der Waals surface area contributed by atoms with Crippen LogP contribution in [0.25, 0.3) is 0 Å². The van der Waals surface area contributed by atoms with Gasteiger partial charge in [0.25, 0.3) is 15.9 Å². The molecule has 1 aliphatic rings. The molecule has 0 unspecified atom stereocenters. The molecule has 0 radical (unpaired) electrons. The number of hydrogen-bond donors (Lipinski definition) is 0. The Morgan fingerprint density at radius 1 is 1.03 bits per heavy atom. The van der Waals surface area contributed by atoms with Gasteiger partial charge < -0.3 is 9.47 Å². The van der Waals surface area contributed by atoms with Crippen molar-refractivity contribution in [3.05, 3.63) is 68.7 Å². The molecule has 4 rings (SSSR count). The summed E-state index contributed by atoms with van der Waals surface area (Å²) in [5, 5.41) is 0.555. The van der Waals surface area contributed by atoms with Crippen LogP contribution < -0.4 is 4.90 Å². The second kappa shape index (κ2) is 11.6. The van der Waals surface area contributed by atoms with E-state index in [0.717, 1.165) is 10.0 Å². The van der Waals surface area contributed by atoms with Crippen molar-refractivity contribution in [1.29, 1.82) is 0 Å². The minimum absolute atomic E-state index is 0.105. The van der Waals surface area contributed by atoms with Gasteiger partial charge in [-0.15, -0.1) is 0 Å². The van der Waals surface area contributed by atoms with E-state index in [1.807, 2.05) is 24.3 Å². The fraction of sp³-hybridized carbons (Fsp3) is 0.360. The average Bonchev–Trinajstić information content (AvgIpc) is 3.38. The van der Waals surface area contributed by atoms with E-state index in [9.17, 15) is 13.2 Å². The van der Waals surface area contributed by atoms with Crippen molar-refractivity contribution < 1.29 is 22.7 Å². The number of carbonyl (C=O) groups excluding carboxylic acids is 1. The number of rotatable bonds is 11. The Morgan fingerprint density at radius 2 is 1.61 bits per heavy atom. The van der Waals surface area contributed by atoms with Crippen LogP contribution in [0.15, 0.2) is 58.2 Å². The standard InChI is InChI=1S/C25H27BrCl2N4O5S/c1-25(15-17-4-6-18(26)7-5-17)23(33)31(21-13-19(27)12-20(28)14-21)24-29-16-22(32(24)25)38(34,35)30(8-10-36-2)9-11-37-3/h4-7,12-14,16H,8-11,15H2,1-3H3/t25-/m1/s1. The molecular formula is C25H27BrCl2N4O5S. The van der Waals surface area contributed by atoms with Crippen LogP contribution in [0.2, 0.25) is 10.0 Å². The van der Waals surface area contributed by atoms with Gasteiger partial charge in [0.15, 0.2) is 5.03 Å². The predicted octanol–water partition coefficient (Wildman–Crippen LogP) is 4.87. The number of sulfonamides is 1. The molecule has 38 heavy (non-hydrogen) atoms. The summed E-state index contributed by atoms with van der Waals surface area (Å²) in [5.41, 5.74) is -0.0995. The Bertz CT molecular complexity index is 1410. The van der Waals surface area contributed by atoms with Crippen LogP contribution in [0.5, 0.6) is 0 Å². The first-order valence-corrected chi connectivity index (χ1v) is 14.6. The molecule has 0 aliphatic carbocycles. The van der Waals surface area contributed by atoms with Gasteiger partial charge in [0.1, 0.15) is 5.54 Å². The molecule has 1 aromatic heterocycles. The number of benzene rings is 2. The second-order valence-corrected chi connectivity index (χ2v) is 12.6. The van der Waals surface area contributed by atoms with Crippen molar-refractivity contribution in [2.24, 2.45) is 0 Å². The molecule has 1 aliphatic heterocycles. The van der Waals surface area contributed by atoms with Gasteiger partial charge in [-0.25, -0.2) is 18.3 Å². The molecule has 204 valence electrons. The van der Waals surface area contributed by atoms with Gasteiger partial charge in [-0.05, 0) is 42.8 Å². The number of anilines is 2. The highest BCUT2D eigenvalue weighted by Gasteiger charge is 2.52. The number of fused-ring (bicyclic) bond motifs is 1. The molecule has 1 amide bonds. The molecule has 9 nitrogen and oxygen atoms in total. The minimum Gasteiger partial charge on any atom is -0.383 e. The number of nitrogens with zero attached hydrogens (tertiary/aromatic N) is 4. The smallest absolute Gasteiger partial charge is 0.260 e. The van der Waals surface area contributed by atoms with E-state index in [1.54, 1.807) is 25.1 Å². The first-order chi connectivity index (χ1) is 18.0. The highest BCUT2D eigenvalue weighted by atomic mass is 79.9. The lowest BCUT2D eigenvalue weighted by atomic mass is 9.92. The predicted molar refractivity (Wildman–Crippen MR) is 150 cm³/mol. The second-order valence-electron chi connectivity index (χ2n) is 8.97. The van der Waals surface area contributed by atoms with Gasteiger partial charge in [0.2, 0.25) is 5.95 Å². The molecule has 13 heteroatoms. The van der Waals surface area contributed by atoms with Crippen LogP contribution >= 0.6 is 39.1 Å². The SMILES string of the molecule is COCCN(CCOC)S(=O)(=O)c1cnc2n1[C@](C)(Cc1ccc(Br)cc1)C(=O)N2c1cc(Cl)cc(Cl)c1. The Balaban J connectivity index is 1.89. The number of halogens is 3. The number of methoxy groups -OCH3 is 2. The molecule has 0 N–H and O–H groups in total. The number of amides is 1. The van der Waals surface area contributed by atoms with Crippen molar-refractivity contribution in [2.45, 2.75) is 23.9 Å². The molecule has 3 aromatic rings. The Kier molecular flexibility index (Phi) is 8.88. The third kappa shape index (κ3) is 5.51. The van der Waals surface area contributed by atoms with Gasteiger partial charge >= 0.3 is 0 Å². The summed E-state index contributed by atoms with van der Waals surface area (Å²) in [6.45, 7) is 2.29. The van der Waals surface area contributed by atoms with Crippen LogP contribution in [-0.2, 0) is 36.3 Å². The lowest BCUT2D eigenvalue weighted by Crippen LogP contribution is -2.44. The molecular weight excluding hydrogens is 619 g/mol. The van der Waals surface area contributed by atoms with Gasteiger partial charge in [-0.2, -0.15) is 4.31 Å². The first kappa shape index (κ1) is 29.0. The molecule has 0 fully saturated rings. The summed E-state index contributed by atoms with van der Waals surface area (Å²) >= 11 is 15.9. The van der Waals surface area contributed by atoms with Crippen molar-refractivity contribution >= 4 is 66.7 Å². The Hall–Kier alpha value is -1.99. The highest BCUT2D eigenvalue weighted by molar-refractivity contribution is 9.10. The van der Waals surface area contributed by atoms with E-state index in [1.165, 1.54) is 34.2 Å². The first-order valence-electron chi connectivity index (χ1n) is 11.6. The average molecular weight is 646 g/mol. The van der Waals surface area contributed by atoms with Crippen LogP contribution in [-0.4, -0.2) is 68.7 Å². The Morgan fingerprint density at radius 3 is 2.16 bits per heavy atom. The van der Waals surface area contributed by atoms with Crippen LogP contribution in [0.4, 0.5) is 11.6 Å². The van der Waals surface area contributed by atoms with Crippen molar-refractivity contribution in [1.82, 2.24) is 13.9 Å². The zero-order valence-electron chi connectivity index (χ0n) is 21.0. The van der Waals surface area contributed by atoms with Gasteiger partial charge in [-0.1, -0.05) is 51.3 Å². The lowest BCUT2D eigenvalue weighted by molar-refractivity contribution is -0.124. The van der Waals surface area contributed by atoms with E-state index in [0.29, 0.717) is 15.7 Å². The van der Waals surface area contributed by atoms with E-state index in [-0.39, 0.29) is 49.6 Å². The maximum atomic E-state index is 14.2. The van der Waals surface area contributed by atoms with Crippen molar-refractivity contribution in [3.63, 3.8) is 0 Å². The molecule has 0 saturated carbocycles. The van der Waals surface area contributed by atoms with Gasteiger partial charge in [0, 0.05) is 48.2 Å². The number of hydrogen-bond acceptors (Lipinski definition) is 6. The number of carbonyl (C=O) groups is 1. The summed E-state index contributed by atoms with van der Waals surface area (Å²) in [6, 6.07) is 12.2. The maximum Gasteiger partial charge on any atom is 0.260 e. The van der Waals surface area contributed by atoms with Crippen molar-refractivity contribution in [3.8, 4) is 0 Å². The quantitative estimate of drug-likeness (QED) is 0.295. The van der Waals surface area contributed by atoms with Crippen LogP contribution in [0, 0.1) is 0 Å². The maximum absolute atomic E-state index is 14.2. The molecule has 0 bridgehead atoms. The molecule has 0 saturated heterocycles. The summed E-state index contributed by atoms with van der Waals surface area (Å²) in [7, 11) is -1.11. The summed E-state index contributed by atoms with van der Waals surface area (Å²) < 4.78 is 41.9. The van der Waals surface area contributed by atoms with E-state index >= 15 is 0 Å². The van der Waals surface area contributed by atoms with Crippen LogP contribution in [0.3, 0.4) is 0 Å². The van der Waals surface area contributed by atoms with E-state index in [4.69, 9.17) is 32.7 Å². The fourth-order valence-corrected chi connectivity index (χ4v) is 6.86. The third-order valence-electron chi connectivity index (χ3n) is 6.33. The number of aromatic nitrogens is 2. The third-order valence-corrected chi connectivity index (χ3v) is 9.16. The molecule has 1 atom stereocenters. The van der Waals surface area contributed by atoms with Gasteiger partial charge in [0.05, 0.1) is 25.1 Å². The highest BCUT2D eigenvalue weighted by Crippen LogP contribution is 2.44. The zero-order chi connectivity index (χ0) is 27.7.